The van der Waals surface area contributed by atoms with Crippen LogP contribution >= 0.6 is 0 Å². The fourth-order valence-corrected chi connectivity index (χ4v) is 5.58. The molecule has 0 bridgehead atoms. The fourth-order valence-electron chi connectivity index (χ4n) is 5.58. The maximum atomic E-state index is 13.5. The molecule has 1 spiro atoms. The standard InChI is InChI=1S/C28H33F3N4O3/c1-2-13-32-14-16-33(17-15-32)22-9-7-21(8-10-22)25(36)35-19-18-34(20-27(35)11-12-27)26(37)23-5-3-4-6-24(23)38-28(29,30)31/h3-10H,2,11-20H2,1H3. The molecule has 2 aromatic carbocycles. The minimum absolute atomic E-state index is 0.0743. The first-order chi connectivity index (χ1) is 18.2. The fraction of sp³-hybridized carbons (Fsp3) is 0.500. The molecule has 2 aliphatic heterocycles. The summed E-state index contributed by atoms with van der Waals surface area (Å²) in [5.74, 6) is -1.11. The number of carbonyl (C=O) groups excluding carboxylic acids is 2. The minimum Gasteiger partial charge on any atom is -0.405 e. The molecule has 3 aliphatic rings. The van der Waals surface area contributed by atoms with Crippen LogP contribution in [-0.2, 0) is 0 Å². The van der Waals surface area contributed by atoms with Gasteiger partial charge in [-0.25, -0.2) is 0 Å². The Labute approximate surface area is 220 Å². The highest BCUT2D eigenvalue weighted by molar-refractivity contribution is 5.98. The Morgan fingerprint density at radius 2 is 1.58 bits per heavy atom. The van der Waals surface area contributed by atoms with Crippen molar-refractivity contribution < 1.29 is 27.5 Å². The molecule has 7 nitrogen and oxygen atoms in total. The monoisotopic (exact) mass is 530 g/mol. The minimum atomic E-state index is -4.89. The van der Waals surface area contributed by atoms with E-state index in [1.165, 1.54) is 23.1 Å². The molecule has 0 atom stereocenters. The second kappa shape index (κ2) is 10.5. The number of nitrogens with zero attached hydrogens (tertiary/aromatic N) is 4. The SMILES string of the molecule is CCCN1CCN(c2ccc(C(=O)N3CCN(C(=O)c4ccccc4OC(F)(F)F)CC34CC4)cc2)CC1. The van der Waals surface area contributed by atoms with Crippen LogP contribution in [-0.4, -0.2) is 90.8 Å². The zero-order valence-corrected chi connectivity index (χ0v) is 21.5. The van der Waals surface area contributed by atoms with E-state index < -0.39 is 23.6 Å². The lowest BCUT2D eigenvalue weighted by Gasteiger charge is -2.42. The van der Waals surface area contributed by atoms with Crippen LogP contribution in [0.15, 0.2) is 48.5 Å². The zero-order chi connectivity index (χ0) is 26.9. The predicted octanol–water partition coefficient (Wildman–Crippen LogP) is 4.25. The summed E-state index contributed by atoms with van der Waals surface area (Å²) in [6.45, 7) is 8.17. The molecule has 204 valence electrons. The molecule has 2 aromatic rings. The van der Waals surface area contributed by atoms with Gasteiger partial charge in [-0.2, -0.15) is 0 Å². The lowest BCUT2D eigenvalue weighted by atomic mass is 10.0. The van der Waals surface area contributed by atoms with Crippen molar-refractivity contribution in [3.63, 3.8) is 0 Å². The number of amides is 2. The van der Waals surface area contributed by atoms with Gasteiger partial charge in [-0.3, -0.25) is 14.5 Å². The number of piperazine rings is 2. The van der Waals surface area contributed by atoms with Crippen molar-refractivity contribution in [2.75, 3.05) is 57.3 Å². The van der Waals surface area contributed by atoms with Gasteiger partial charge in [-0.05, 0) is 62.2 Å². The molecular weight excluding hydrogens is 497 g/mol. The smallest absolute Gasteiger partial charge is 0.405 e. The highest BCUT2D eigenvalue weighted by Crippen LogP contribution is 2.45. The summed E-state index contributed by atoms with van der Waals surface area (Å²) < 4.78 is 42.6. The third-order valence-electron chi connectivity index (χ3n) is 7.75. The lowest BCUT2D eigenvalue weighted by Crippen LogP contribution is -2.58. The summed E-state index contributed by atoms with van der Waals surface area (Å²) in [5.41, 5.74) is 1.10. The number of halogens is 3. The van der Waals surface area contributed by atoms with Crippen LogP contribution in [0.5, 0.6) is 5.75 Å². The zero-order valence-electron chi connectivity index (χ0n) is 21.5. The van der Waals surface area contributed by atoms with Crippen LogP contribution in [0.25, 0.3) is 0 Å². The van der Waals surface area contributed by atoms with Crippen LogP contribution in [0, 0.1) is 0 Å². The van der Waals surface area contributed by atoms with Crippen molar-refractivity contribution in [1.29, 1.82) is 0 Å². The molecule has 2 amide bonds. The van der Waals surface area contributed by atoms with Crippen molar-refractivity contribution >= 4 is 17.5 Å². The Morgan fingerprint density at radius 1 is 0.895 bits per heavy atom. The van der Waals surface area contributed by atoms with E-state index in [-0.39, 0.29) is 24.6 Å². The number of hydrogen-bond acceptors (Lipinski definition) is 5. The maximum Gasteiger partial charge on any atom is 0.573 e. The van der Waals surface area contributed by atoms with Gasteiger partial charge in [0, 0.05) is 57.1 Å². The van der Waals surface area contributed by atoms with E-state index in [9.17, 15) is 22.8 Å². The summed E-state index contributed by atoms with van der Waals surface area (Å²) in [6, 6.07) is 13.1. The quantitative estimate of drug-likeness (QED) is 0.559. The third kappa shape index (κ3) is 5.60. The van der Waals surface area contributed by atoms with Crippen LogP contribution in [0.2, 0.25) is 0 Å². The molecule has 1 saturated carbocycles. The van der Waals surface area contributed by atoms with E-state index in [4.69, 9.17) is 0 Å². The van der Waals surface area contributed by atoms with Crippen molar-refractivity contribution in [3.05, 3.63) is 59.7 Å². The summed E-state index contributed by atoms with van der Waals surface area (Å²) >= 11 is 0. The van der Waals surface area contributed by atoms with Gasteiger partial charge in [-0.1, -0.05) is 19.1 Å². The van der Waals surface area contributed by atoms with Crippen LogP contribution in [0.1, 0.15) is 46.9 Å². The van der Waals surface area contributed by atoms with Crippen LogP contribution in [0.4, 0.5) is 18.9 Å². The number of hydrogen-bond donors (Lipinski definition) is 0. The van der Waals surface area contributed by atoms with Crippen molar-refractivity contribution in [2.24, 2.45) is 0 Å². The topological polar surface area (TPSA) is 56.3 Å². The number of ether oxygens (including phenoxy) is 1. The Morgan fingerprint density at radius 3 is 2.21 bits per heavy atom. The normalized spacial score (nSPS) is 19.5. The molecule has 0 N–H and O–H groups in total. The molecule has 2 saturated heterocycles. The largest absolute Gasteiger partial charge is 0.573 e. The van der Waals surface area contributed by atoms with E-state index in [0.29, 0.717) is 12.1 Å². The third-order valence-corrected chi connectivity index (χ3v) is 7.75. The van der Waals surface area contributed by atoms with E-state index >= 15 is 0 Å². The summed E-state index contributed by atoms with van der Waals surface area (Å²) in [5, 5.41) is 0. The number of alkyl halides is 3. The van der Waals surface area contributed by atoms with Gasteiger partial charge in [0.05, 0.1) is 11.1 Å². The van der Waals surface area contributed by atoms with Crippen molar-refractivity contribution in [3.8, 4) is 5.75 Å². The second-order valence-corrected chi connectivity index (χ2v) is 10.3. The average molecular weight is 531 g/mol. The molecular formula is C28H33F3N4O3. The van der Waals surface area contributed by atoms with E-state index in [1.54, 1.807) is 0 Å². The molecule has 2 heterocycles. The van der Waals surface area contributed by atoms with Crippen molar-refractivity contribution in [1.82, 2.24) is 14.7 Å². The van der Waals surface area contributed by atoms with Gasteiger partial charge in [0.15, 0.2) is 0 Å². The summed E-state index contributed by atoms with van der Waals surface area (Å²) in [6.07, 6.45) is -2.23. The number of rotatable bonds is 6. The second-order valence-electron chi connectivity index (χ2n) is 10.3. The number of para-hydroxylation sites is 1. The number of carbonyl (C=O) groups is 2. The van der Waals surface area contributed by atoms with E-state index in [0.717, 1.165) is 63.7 Å². The first kappa shape index (κ1) is 26.3. The molecule has 0 unspecified atom stereocenters. The maximum absolute atomic E-state index is 13.5. The average Bonchev–Trinajstić information content (AvgIpc) is 3.67. The predicted molar refractivity (Wildman–Crippen MR) is 137 cm³/mol. The molecule has 10 heteroatoms. The molecule has 3 fully saturated rings. The van der Waals surface area contributed by atoms with Crippen LogP contribution in [0.3, 0.4) is 0 Å². The van der Waals surface area contributed by atoms with E-state index in [1.807, 2.05) is 29.2 Å². The summed E-state index contributed by atoms with van der Waals surface area (Å²) in [7, 11) is 0. The van der Waals surface area contributed by atoms with E-state index in [2.05, 4.69) is 21.5 Å². The van der Waals surface area contributed by atoms with Gasteiger partial charge in [0.2, 0.25) is 0 Å². The van der Waals surface area contributed by atoms with Gasteiger partial charge >= 0.3 is 6.36 Å². The van der Waals surface area contributed by atoms with Gasteiger partial charge in [0.1, 0.15) is 5.75 Å². The highest BCUT2D eigenvalue weighted by Gasteiger charge is 2.54. The number of anilines is 1. The highest BCUT2D eigenvalue weighted by atomic mass is 19.4. The van der Waals surface area contributed by atoms with Gasteiger partial charge in [-0.15, -0.1) is 13.2 Å². The first-order valence-electron chi connectivity index (χ1n) is 13.2. The van der Waals surface area contributed by atoms with Crippen LogP contribution < -0.4 is 9.64 Å². The molecule has 1 aliphatic carbocycles. The molecule has 0 aromatic heterocycles. The Kier molecular flexibility index (Phi) is 7.26. The Bertz CT molecular complexity index is 1160. The molecule has 5 rings (SSSR count). The Balaban J connectivity index is 1.23. The molecule has 0 radical (unpaired) electrons. The van der Waals surface area contributed by atoms with Crippen molar-refractivity contribution in [2.45, 2.75) is 38.1 Å². The lowest BCUT2D eigenvalue weighted by molar-refractivity contribution is -0.274. The first-order valence-corrected chi connectivity index (χ1v) is 13.2. The van der Waals surface area contributed by atoms with Gasteiger partial charge < -0.3 is 19.4 Å². The Hall–Kier alpha value is -3.27. The number of benzene rings is 2. The van der Waals surface area contributed by atoms with Gasteiger partial charge in [0.25, 0.3) is 11.8 Å². The molecule has 38 heavy (non-hydrogen) atoms. The summed E-state index contributed by atoms with van der Waals surface area (Å²) in [4.78, 5) is 34.8.